The SMILES string of the molecule is COCc1nc(COc2cccc(OC)c2)sc1C(C)N. The standard InChI is InChI=1S/C15H20N2O3S/c1-10(16)15-13(8-18-2)17-14(21-15)9-20-12-6-4-5-11(7-12)19-3/h4-7,10H,8-9,16H2,1-3H3. The van der Waals surface area contributed by atoms with E-state index >= 15 is 0 Å². The van der Waals surface area contributed by atoms with E-state index in [0.717, 1.165) is 27.1 Å². The van der Waals surface area contributed by atoms with Crippen LogP contribution in [0.1, 0.15) is 28.5 Å². The molecular formula is C15H20N2O3S. The average molecular weight is 308 g/mol. The number of ether oxygens (including phenoxy) is 3. The van der Waals surface area contributed by atoms with Crippen LogP contribution in [0.3, 0.4) is 0 Å². The summed E-state index contributed by atoms with van der Waals surface area (Å²) in [5.41, 5.74) is 6.85. The summed E-state index contributed by atoms with van der Waals surface area (Å²) >= 11 is 1.56. The Morgan fingerprint density at radius 2 is 2.00 bits per heavy atom. The number of rotatable bonds is 7. The first kappa shape index (κ1) is 15.8. The molecule has 1 unspecified atom stereocenters. The first-order valence-electron chi connectivity index (χ1n) is 6.64. The van der Waals surface area contributed by atoms with E-state index in [4.69, 9.17) is 19.9 Å². The molecule has 0 aliphatic heterocycles. The van der Waals surface area contributed by atoms with Gasteiger partial charge in [0.15, 0.2) is 0 Å². The van der Waals surface area contributed by atoms with Crippen LogP contribution < -0.4 is 15.2 Å². The third-order valence-electron chi connectivity index (χ3n) is 2.87. The maximum Gasteiger partial charge on any atom is 0.140 e. The van der Waals surface area contributed by atoms with Crippen molar-refractivity contribution in [1.29, 1.82) is 0 Å². The zero-order valence-electron chi connectivity index (χ0n) is 12.5. The average Bonchev–Trinajstić information content (AvgIpc) is 2.89. The van der Waals surface area contributed by atoms with Crippen molar-refractivity contribution < 1.29 is 14.2 Å². The molecule has 1 aromatic heterocycles. The third-order valence-corrected chi connectivity index (χ3v) is 4.14. The predicted octanol–water partition coefficient (Wildman–Crippen LogP) is 2.90. The van der Waals surface area contributed by atoms with Crippen LogP contribution in [-0.4, -0.2) is 19.2 Å². The summed E-state index contributed by atoms with van der Waals surface area (Å²) < 4.78 is 16.1. The maximum absolute atomic E-state index is 5.96. The number of benzene rings is 1. The molecule has 0 saturated heterocycles. The van der Waals surface area contributed by atoms with Crippen LogP contribution in [-0.2, 0) is 18.0 Å². The third kappa shape index (κ3) is 4.17. The van der Waals surface area contributed by atoms with Gasteiger partial charge in [0.25, 0.3) is 0 Å². The molecule has 0 fully saturated rings. The normalized spacial score (nSPS) is 12.2. The number of hydrogen-bond donors (Lipinski definition) is 1. The smallest absolute Gasteiger partial charge is 0.140 e. The van der Waals surface area contributed by atoms with Crippen molar-refractivity contribution in [2.24, 2.45) is 5.73 Å². The summed E-state index contributed by atoms with van der Waals surface area (Å²) in [5, 5.41) is 0.886. The second kappa shape index (κ2) is 7.40. The lowest BCUT2D eigenvalue weighted by atomic mass is 10.2. The monoisotopic (exact) mass is 308 g/mol. The summed E-state index contributed by atoms with van der Waals surface area (Å²) in [6.45, 7) is 2.81. The van der Waals surface area contributed by atoms with Gasteiger partial charge in [-0.05, 0) is 19.1 Å². The van der Waals surface area contributed by atoms with Gasteiger partial charge in [0.1, 0.15) is 23.1 Å². The number of nitrogens with zero attached hydrogens (tertiary/aromatic N) is 1. The zero-order valence-corrected chi connectivity index (χ0v) is 13.3. The quantitative estimate of drug-likeness (QED) is 0.852. The molecule has 2 aromatic rings. The second-order valence-electron chi connectivity index (χ2n) is 4.61. The van der Waals surface area contributed by atoms with E-state index in [1.165, 1.54) is 0 Å². The number of aromatic nitrogens is 1. The van der Waals surface area contributed by atoms with E-state index in [2.05, 4.69) is 4.98 Å². The highest BCUT2D eigenvalue weighted by molar-refractivity contribution is 7.11. The number of hydrogen-bond acceptors (Lipinski definition) is 6. The van der Waals surface area contributed by atoms with E-state index in [-0.39, 0.29) is 6.04 Å². The molecule has 0 aliphatic carbocycles. The van der Waals surface area contributed by atoms with Crippen molar-refractivity contribution in [3.63, 3.8) is 0 Å². The largest absolute Gasteiger partial charge is 0.497 e. The van der Waals surface area contributed by atoms with Gasteiger partial charge >= 0.3 is 0 Å². The lowest BCUT2D eigenvalue weighted by molar-refractivity contribution is 0.180. The minimum absolute atomic E-state index is 0.0572. The van der Waals surface area contributed by atoms with E-state index in [1.807, 2.05) is 31.2 Å². The Morgan fingerprint density at radius 3 is 2.67 bits per heavy atom. The first-order chi connectivity index (χ1) is 10.1. The molecule has 0 radical (unpaired) electrons. The predicted molar refractivity (Wildman–Crippen MR) is 82.8 cm³/mol. The Morgan fingerprint density at radius 1 is 1.24 bits per heavy atom. The molecular weight excluding hydrogens is 288 g/mol. The Labute approximate surface area is 128 Å². The zero-order chi connectivity index (χ0) is 15.2. The van der Waals surface area contributed by atoms with Crippen molar-refractivity contribution in [3.8, 4) is 11.5 Å². The molecule has 2 N–H and O–H groups in total. The van der Waals surface area contributed by atoms with Crippen LogP contribution in [0.5, 0.6) is 11.5 Å². The second-order valence-corrected chi connectivity index (χ2v) is 5.72. The molecule has 6 heteroatoms. The lowest BCUT2D eigenvalue weighted by Crippen LogP contribution is -2.06. The summed E-state index contributed by atoms with van der Waals surface area (Å²) in [6.07, 6.45) is 0. The van der Waals surface area contributed by atoms with Crippen LogP contribution in [0.15, 0.2) is 24.3 Å². The molecule has 0 spiro atoms. The van der Waals surface area contributed by atoms with E-state index in [1.54, 1.807) is 25.6 Å². The fraction of sp³-hybridized carbons (Fsp3) is 0.400. The molecule has 0 aliphatic rings. The van der Waals surface area contributed by atoms with Crippen molar-refractivity contribution >= 4 is 11.3 Å². The molecule has 0 amide bonds. The Bertz CT molecular complexity index is 584. The van der Waals surface area contributed by atoms with Gasteiger partial charge < -0.3 is 19.9 Å². The van der Waals surface area contributed by atoms with Crippen molar-refractivity contribution in [2.45, 2.75) is 26.2 Å². The summed E-state index contributed by atoms with van der Waals surface area (Å²) in [4.78, 5) is 5.58. The molecule has 2 rings (SSSR count). The van der Waals surface area contributed by atoms with E-state index < -0.39 is 0 Å². The maximum atomic E-state index is 5.96. The highest BCUT2D eigenvalue weighted by Gasteiger charge is 2.14. The summed E-state index contributed by atoms with van der Waals surface area (Å²) in [7, 11) is 3.28. The minimum Gasteiger partial charge on any atom is -0.497 e. The van der Waals surface area contributed by atoms with Crippen LogP contribution >= 0.6 is 11.3 Å². The Kier molecular flexibility index (Phi) is 5.55. The Balaban J connectivity index is 2.07. The molecule has 5 nitrogen and oxygen atoms in total. The van der Waals surface area contributed by atoms with Gasteiger partial charge in [-0.2, -0.15) is 0 Å². The molecule has 21 heavy (non-hydrogen) atoms. The summed E-state index contributed by atoms with van der Waals surface area (Å²) in [5.74, 6) is 1.52. The van der Waals surface area contributed by atoms with Crippen LogP contribution in [0.2, 0.25) is 0 Å². The van der Waals surface area contributed by atoms with Crippen molar-refractivity contribution in [2.75, 3.05) is 14.2 Å². The number of thiazole rings is 1. The molecule has 1 heterocycles. The minimum atomic E-state index is -0.0572. The lowest BCUT2D eigenvalue weighted by Gasteiger charge is -2.05. The highest BCUT2D eigenvalue weighted by Crippen LogP contribution is 2.26. The molecule has 0 bridgehead atoms. The number of nitrogens with two attached hydrogens (primary N) is 1. The van der Waals surface area contributed by atoms with Crippen LogP contribution in [0.25, 0.3) is 0 Å². The fourth-order valence-corrected chi connectivity index (χ4v) is 2.84. The van der Waals surface area contributed by atoms with Gasteiger partial charge in [-0.25, -0.2) is 4.98 Å². The number of methoxy groups -OCH3 is 2. The van der Waals surface area contributed by atoms with Gasteiger partial charge in [-0.15, -0.1) is 11.3 Å². The van der Waals surface area contributed by atoms with Gasteiger partial charge in [0.2, 0.25) is 0 Å². The topological polar surface area (TPSA) is 66.6 Å². The van der Waals surface area contributed by atoms with Crippen LogP contribution in [0, 0.1) is 0 Å². The van der Waals surface area contributed by atoms with Gasteiger partial charge in [-0.1, -0.05) is 6.07 Å². The van der Waals surface area contributed by atoms with Gasteiger partial charge in [-0.3, -0.25) is 0 Å². The molecule has 1 atom stereocenters. The summed E-state index contributed by atoms with van der Waals surface area (Å²) in [6, 6.07) is 7.44. The molecule has 1 aromatic carbocycles. The van der Waals surface area contributed by atoms with E-state index in [0.29, 0.717) is 13.2 Å². The molecule has 0 saturated carbocycles. The van der Waals surface area contributed by atoms with Crippen molar-refractivity contribution in [3.05, 3.63) is 39.8 Å². The molecule has 114 valence electrons. The highest BCUT2D eigenvalue weighted by atomic mass is 32.1. The fourth-order valence-electron chi connectivity index (χ4n) is 1.91. The Hall–Kier alpha value is -1.63. The van der Waals surface area contributed by atoms with Gasteiger partial charge in [0, 0.05) is 24.1 Å². The van der Waals surface area contributed by atoms with Crippen LogP contribution in [0.4, 0.5) is 0 Å². The first-order valence-corrected chi connectivity index (χ1v) is 7.45. The van der Waals surface area contributed by atoms with Gasteiger partial charge in [0.05, 0.1) is 19.4 Å². The van der Waals surface area contributed by atoms with E-state index in [9.17, 15) is 0 Å². The van der Waals surface area contributed by atoms with Crippen molar-refractivity contribution in [1.82, 2.24) is 4.98 Å².